The molecular formula is C19H21ClN4OS. The molecule has 0 radical (unpaired) electrons. The molecule has 26 heavy (non-hydrogen) atoms. The van der Waals surface area contributed by atoms with Crippen LogP contribution < -0.4 is 10.2 Å². The number of ether oxygens (including phenoxy) is 1. The van der Waals surface area contributed by atoms with Crippen molar-refractivity contribution in [3.8, 4) is 5.75 Å². The van der Waals surface area contributed by atoms with Crippen molar-refractivity contribution in [2.75, 3.05) is 5.43 Å². The van der Waals surface area contributed by atoms with Gasteiger partial charge >= 0.3 is 0 Å². The fourth-order valence-corrected chi connectivity index (χ4v) is 3.03. The van der Waals surface area contributed by atoms with E-state index in [1.807, 2.05) is 53.2 Å². The summed E-state index contributed by atoms with van der Waals surface area (Å²) >= 11 is 11.6. The Morgan fingerprint density at radius 1 is 1.19 bits per heavy atom. The van der Waals surface area contributed by atoms with Crippen LogP contribution in [-0.4, -0.2) is 14.9 Å². The zero-order valence-electron chi connectivity index (χ0n) is 14.5. The number of nitrogens with one attached hydrogen (secondary N) is 2. The van der Waals surface area contributed by atoms with Gasteiger partial charge in [0.25, 0.3) is 0 Å². The number of hydrogen-bond acceptors (Lipinski definition) is 4. The van der Waals surface area contributed by atoms with Crippen LogP contribution >= 0.6 is 23.8 Å². The summed E-state index contributed by atoms with van der Waals surface area (Å²) < 4.78 is 8.18. The fourth-order valence-electron chi connectivity index (χ4n) is 2.56. The first kappa shape index (κ1) is 18.5. The summed E-state index contributed by atoms with van der Waals surface area (Å²) in [6.07, 6.45) is 1.85. The molecule has 5 nitrogen and oxygen atoms in total. The lowest BCUT2D eigenvalue weighted by atomic mass is 10.2. The first-order chi connectivity index (χ1) is 12.7. The van der Waals surface area contributed by atoms with Crippen molar-refractivity contribution in [3.63, 3.8) is 0 Å². The van der Waals surface area contributed by atoms with Gasteiger partial charge in [-0.3, -0.25) is 5.10 Å². The molecule has 0 amide bonds. The molecule has 136 valence electrons. The van der Waals surface area contributed by atoms with E-state index in [0.29, 0.717) is 28.7 Å². The molecule has 3 rings (SSSR count). The van der Waals surface area contributed by atoms with Crippen molar-refractivity contribution < 1.29 is 4.74 Å². The normalized spacial score (nSPS) is 10.7. The predicted molar refractivity (Wildman–Crippen MR) is 107 cm³/mol. The summed E-state index contributed by atoms with van der Waals surface area (Å²) in [4.78, 5) is 0. The van der Waals surface area contributed by atoms with Crippen molar-refractivity contribution in [2.24, 2.45) is 0 Å². The lowest BCUT2D eigenvalue weighted by Gasteiger charge is -2.12. The Labute approximate surface area is 162 Å². The zero-order chi connectivity index (χ0) is 18.4. The summed E-state index contributed by atoms with van der Waals surface area (Å²) in [7, 11) is 0. The molecule has 1 heterocycles. The molecule has 7 heteroatoms. The number of aromatic amines is 1. The van der Waals surface area contributed by atoms with Crippen LogP contribution in [0.25, 0.3) is 0 Å². The molecule has 2 aromatic carbocycles. The predicted octanol–water partition coefficient (Wildman–Crippen LogP) is 4.87. The second-order valence-corrected chi connectivity index (χ2v) is 6.70. The van der Waals surface area contributed by atoms with Crippen LogP contribution in [0, 0.1) is 4.77 Å². The number of halogens is 1. The fraction of sp³-hybridized carbons (Fsp3) is 0.263. The monoisotopic (exact) mass is 388 g/mol. The van der Waals surface area contributed by atoms with E-state index in [0.717, 1.165) is 29.8 Å². The maximum Gasteiger partial charge on any atom is 0.214 e. The molecule has 0 saturated heterocycles. The van der Waals surface area contributed by atoms with Crippen molar-refractivity contribution in [1.82, 2.24) is 14.9 Å². The highest BCUT2D eigenvalue weighted by Crippen LogP contribution is 2.26. The molecule has 0 spiro atoms. The average molecular weight is 389 g/mol. The minimum absolute atomic E-state index is 0.489. The van der Waals surface area contributed by atoms with Gasteiger partial charge in [0, 0.05) is 6.42 Å². The van der Waals surface area contributed by atoms with Gasteiger partial charge in [0.2, 0.25) is 4.77 Å². The standard InChI is InChI=1S/C19H21ClN4OS/c1-2-6-18-22-23-19(26)24(18)21-12-15-9-10-17(16(20)11-15)25-13-14-7-4-3-5-8-14/h3-5,7-11,21H,2,6,12-13H2,1H3,(H,23,26). The second kappa shape index (κ2) is 8.87. The van der Waals surface area contributed by atoms with Gasteiger partial charge in [0.05, 0.1) is 11.6 Å². The van der Waals surface area contributed by atoms with Gasteiger partial charge in [-0.1, -0.05) is 54.9 Å². The minimum atomic E-state index is 0.489. The number of aryl methyl sites for hydroxylation is 1. The maximum absolute atomic E-state index is 6.37. The van der Waals surface area contributed by atoms with Gasteiger partial charge < -0.3 is 10.2 Å². The topological polar surface area (TPSA) is 54.9 Å². The highest BCUT2D eigenvalue weighted by atomic mass is 35.5. The third kappa shape index (κ3) is 4.65. The summed E-state index contributed by atoms with van der Waals surface area (Å²) in [6, 6.07) is 15.8. The Kier molecular flexibility index (Phi) is 6.30. The van der Waals surface area contributed by atoms with Gasteiger partial charge in [-0.05, 0) is 41.9 Å². The van der Waals surface area contributed by atoms with E-state index < -0.39 is 0 Å². The molecule has 0 saturated carbocycles. The zero-order valence-corrected chi connectivity index (χ0v) is 16.1. The van der Waals surface area contributed by atoms with Gasteiger partial charge in [0.15, 0.2) is 5.82 Å². The van der Waals surface area contributed by atoms with Gasteiger partial charge in [-0.15, -0.1) is 0 Å². The molecule has 2 N–H and O–H groups in total. The van der Waals surface area contributed by atoms with Crippen molar-refractivity contribution in [2.45, 2.75) is 32.9 Å². The van der Waals surface area contributed by atoms with Crippen LogP contribution in [0.3, 0.4) is 0 Å². The van der Waals surface area contributed by atoms with Crippen LogP contribution in [0.4, 0.5) is 0 Å². The molecule has 0 aliphatic heterocycles. The lowest BCUT2D eigenvalue weighted by molar-refractivity contribution is 0.306. The maximum atomic E-state index is 6.37. The van der Waals surface area contributed by atoms with Crippen molar-refractivity contribution in [1.29, 1.82) is 0 Å². The van der Waals surface area contributed by atoms with E-state index in [1.54, 1.807) is 0 Å². The van der Waals surface area contributed by atoms with E-state index in [9.17, 15) is 0 Å². The molecule has 0 atom stereocenters. The van der Waals surface area contributed by atoms with E-state index in [-0.39, 0.29) is 0 Å². The van der Waals surface area contributed by atoms with E-state index >= 15 is 0 Å². The van der Waals surface area contributed by atoms with Crippen LogP contribution in [0.1, 0.15) is 30.3 Å². The molecular weight excluding hydrogens is 368 g/mol. The number of benzene rings is 2. The summed E-state index contributed by atoms with van der Waals surface area (Å²) in [5, 5.41) is 7.65. The lowest BCUT2D eigenvalue weighted by Crippen LogP contribution is -2.17. The van der Waals surface area contributed by atoms with Gasteiger partial charge in [0.1, 0.15) is 12.4 Å². The molecule has 0 unspecified atom stereocenters. The molecule has 0 bridgehead atoms. The van der Waals surface area contributed by atoms with E-state index in [1.165, 1.54) is 0 Å². The van der Waals surface area contributed by atoms with Crippen LogP contribution in [-0.2, 0) is 19.6 Å². The Morgan fingerprint density at radius 2 is 2.00 bits per heavy atom. The highest BCUT2D eigenvalue weighted by molar-refractivity contribution is 7.71. The number of H-pyrrole nitrogens is 1. The number of rotatable bonds is 8. The highest BCUT2D eigenvalue weighted by Gasteiger charge is 2.07. The van der Waals surface area contributed by atoms with E-state index in [2.05, 4.69) is 22.5 Å². The van der Waals surface area contributed by atoms with Crippen LogP contribution in [0.5, 0.6) is 5.75 Å². The molecule has 0 aliphatic rings. The van der Waals surface area contributed by atoms with Gasteiger partial charge in [-0.2, -0.15) is 5.10 Å². The SMILES string of the molecule is CCCc1n[nH]c(=S)n1NCc1ccc(OCc2ccccc2)c(Cl)c1. The van der Waals surface area contributed by atoms with Crippen molar-refractivity contribution >= 4 is 23.8 Å². The Hall–Kier alpha value is -2.31. The molecule has 0 fully saturated rings. The third-order valence-electron chi connectivity index (χ3n) is 3.89. The van der Waals surface area contributed by atoms with Crippen LogP contribution in [0.2, 0.25) is 5.02 Å². The van der Waals surface area contributed by atoms with Crippen molar-refractivity contribution in [3.05, 3.63) is 75.3 Å². The number of aromatic nitrogens is 3. The Balaban J connectivity index is 1.63. The number of hydrogen-bond donors (Lipinski definition) is 2. The summed E-state index contributed by atoms with van der Waals surface area (Å²) in [5.41, 5.74) is 5.43. The average Bonchev–Trinajstić information content (AvgIpc) is 3.00. The molecule has 1 aromatic heterocycles. The molecule has 0 aliphatic carbocycles. The van der Waals surface area contributed by atoms with Crippen LogP contribution in [0.15, 0.2) is 48.5 Å². The number of nitrogens with zero attached hydrogens (tertiary/aromatic N) is 2. The second-order valence-electron chi connectivity index (χ2n) is 5.90. The minimum Gasteiger partial charge on any atom is -0.487 e. The smallest absolute Gasteiger partial charge is 0.214 e. The molecule has 3 aromatic rings. The first-order valence-corrected chi connectivity index (χ1v) is 9.31. The van der Waals surface area contributed by atoms with E-state index in [4.69, 9.17) is 28.6 Å². The first-order valence-electron chi connectivity index (χ1n) is 8.52. The summed E-state index contributed by atoms with van der Waals surface area (Å²) in [5.74, 6) is 1.57. The largest absolute Gasteiger partial charge is 0.487 e. The van der Waals surface area contributed by atoms with Gasteiger partial charge in [-0.25, -0.2) is 4.68 Å². The Bertz CT molecular complexity index is 907. The Morgan fingerprint density at radius 3 is 2.73 bits per heavy atom. The third-order valence-corrected chi connectivity index (χ3v) is 4.46. The quantitative estimate of drug-likeness (QED) is 0.540. The summed E-state index contributed by atoms with van der Waals surface area (Å²) in [6.45, 7) is 3.18.